The van der Waals surface area contributed by atoms with Gasteiger partial charge >= 0.3 is 12.3 Å². The van der Waals surface area contributed by atoms with E-state index in [1.807, 2.05) is 6.07 Å². The maximum atomic E-state index is 13.1. The van der Waals surface area contributed by atoms with E-state index in [1.54, 1.807) is 12.1 Å². The van der Waals surface area contributed by atoms with Crippen molar-refractivity contribution in [2.45, 2.75) is 76.4 Å². The van der Waals surface area contributed by atoms with Crippen molar-refractivity contribution in [3.05, 3.63) is 59.6 Å². The molecular weight excluding hydrogens is 555 g/mol. The summed E-state index contributed by atoms with van der Waals surface area (Å²) in [7, 11) is 0. The molecule has 0 spiro atoms. The number of halogens is 3. The van der Waals surface area contributed by atoms with E-state index in [4.69, 9.17) is 9.26 Å². The Bertz CT molecular complexity index is 1580. The number of hydrogen-bond donors (Lipinski definition) is 1. The van der Waals surface area contributed by atoms with Crippen molar-refractivity contribution >= 4 is 17.4 Å². The number of ether oxygens (including phenoxy) is 2. The summed E-state index contributed by atoms with van der Waals surface area (Å²) >= 11 is 0. The van der Waals surface area contributed by atoms with Gasteiger partial charge in [-0.1, -0.05) is 24.2 Å². The van der Waals surface area contributed by atoms with Crippen LogP contribution in [0.25, 0.3) is 16.9 Å². The quantitative estimate of drug-likeness (QED) is 0.205. The summed E-state index contributed by atoms with van der Waals surface area (Å²) in [4.78, 5) is 17.7. The van der Waals surface area contributed by atoms with Crippen molar-refractivity contribution in [1.82, 2.24) is 19.8 Å². The lowest BCUT2D eigenvalue weighted by atomic mass is 10.0. The number of aromatic carboxylic acids is 1. The second-order valence-electron chi connectivity index (χ2n) is 10.7. The Hall–Kier alpha value is -4.13. The minimum atomic E-state index is -4.84. The van der Waals surface area contributed by atoms with Gasteiger partial charge in [0.1, 0.15) is 23.0 Å². The molecular formula is C29H30F3N5O5. The van der Waals surface area contributed by atoms with Crippen LogP contribution in [0.3, 0.4) is 0 Å². The highest BCUT2D eigenvalue weighted by Crippen LogP contribution is 2.45. The molecule has 3 aromatic heterocycles. The van der Waals surface area contributed by atoms with Crippen molar-refractivity contribution in [3.63, 3.8) is 0 Å². The van der Waals surface area contributed by atoms with E-state index in [1.165, 1.54) is 28.9 Å². The Morgan fingerprint density at radius 2 is 1.90 bits per heavy atom. The van der Waals surface area contributed by atoms with Gasteiger partial charge in [0.25, 0.3) is 0 Å². The number of carboxylic acids is 1. The first-order valence-corrected chi connectivity index (χ1v) is 14.0. The van der Waals surface area contributed by atoms with Crippen molar-refractivity contribution in [2.75, 3.05) is 11.5 Å². The van der Waals surface area contributed by atoms with Crippen LogP contribution < -0.4 is 9.64 Å². The third kappa shape index (κ3) is 5.78. The normalized spacial score (nSPS) is 19.1. The van der Waals surface area contributed by atoms with Crippen molar-refractivity contribution < 1.29 is 37.1 Å². The highest BCUT2D eigenvalue weighted by atomic mass is 19.4. The molecule has 1 unspecified atom stereocenters. The van der Waals surface area contributed by atoms with Crippen LogP contribution in [-0.4, -0.2) is 55.9 Å². The molecule has 1 aliphatic heterocycles. The highest BCUT2D eigenvalue weighted by Gasteiger charge is 2.36. The summed E-state index contributed by atoms with van der Waals surface area (Å²) in [5.74, 6) is 0.125. The van der Waals surface area contributed by atoms with E-state index in [-0.39, 0.29) is 41.6 Å². The van der Waals surface area contributed by atoms with E-state index in [2.05, 4.69) is 31.8 Å². The first-order chi connectivity index (χ1) is 20.2. The zero-order valence-electron chi connectivity index (χ0n) is 22.9. The lowest BCUT2D eigenvalue weighted by molar-refractivity contribution is -0.274. The van der Waals surface area contributed by atoms with Crippen LogP contribution in [0.4, 0.5) is 19.0 Å². The van der Waals surface area contributed by atoms with Crippen LogP contribution >= 0.6 is 0 Å². The average molecular weight is 586 g/mol. The molecule has 0 radical (unpaired) electrons. The Morgan fingerprint density at radius 1 is 1.12 bits per heavy atom. The fraction of sp³-hybridized carbons (Fsp3) is 0.448. The van der Waals surface area contributed by atoms with E-state index in [0.29, 0.717) is 35.7 Å². The fourth-order valence-corrected chi connectivity index (χ4v) is 5.74. The van der Waals surface area contributed by atoms with E-state index >= 15 is 0 Å². The number of imidazole rings is 1. The second-order valence-corrected chi connectivity index (χ2v) is 10.7. The zero-order valence-corrected chi connectivity index (χ0v) is 22.9. The molecule has 13 heteroatoms. The van der Waals surface area contributed by atoms with Crippen molar-refractivity contribution in [3.8, 4) is 17.0 Å². The molecule has 6 rings (SSSR count). The summed E-state index contributed by atoms with van der Waals surface area (Å²) in [5.41, 5.74) is 1.53. The number of para-hydroxylation sites is 1. The first kappa shape index (κ1) is 28.0. The number of benzene rings is 1. The number of hydrogen-bond acceptors (Lipinski definition) is 8. The second kappa shape index (κ2) is 11.3. The molecule has 1 aromatic carbocycles. The number of alkyl halides is 3. The van der Waals surface area contributed by atoms with Gasteiger partial charge in [0.05, 0.1) is 12.8 Å². The van der Waals surface area contributed by atoms with E-state index < -0.39 is 12.3 Å². The van der Waals surface area contributed by atoms with Gasteiger partial charge < -0.3 is 24.0 Å². The molecule has 1 N–H and O–H groups in total. The Balaban J connectivity index is 1.17. The van der Waals surface area contributed by atoms with Crippen LogP contribution in [-0.2, 0) is 11.3 Å². The van der Waals surface area contributed by atoms with Crippen molar-refractivity contribution in [2.24, 2.45) is 0 Å². The molecule has 4 aromatic rings. The molecule has 10 nitrogen and oxygen atoms in total. The molecule has 2 fully saturated rings. The van der Waals surface area contributed by atoms with Crippen LogP contribution in [0.1, 0.15) is 73.2 Å². The van der Waals surface area contributed by atoms with Crippen LogP contribution in [0.2, 0.25) is 0 Å². The predicted octanol–water partition coefficient (Wildman–Crippen LogP) is 6.21. The van der Waals surface area contributed by atoms with Crippen LogP contribution in [0.5, 0.6) is 5.75 Å². The number of carboxylic acid groups (broad SMARTS) is 1. The van der Waals surface area contributed by atoms with Gasteiger partial charge in [-0.05, 0) is 62.8 Å². The van der Waals surface area contributed by atoms with Gasteiger partial charge in [0, 0.05) is 35.7 Å². The molecule has 1 saturated carbocycles. The van der Waals surface area contributed by atoms with Gasteiger partial charge in [-0.2, -0.15) is 0 Å². The highest BCUT2D eigenvalue weighted by molar-refractivity contribution is 5.86. The van der Waals surface area contributed by atoms with Gasteiger partial charge in [-0.3, -0.25) is 0 Å². The lowest BCUT2D eigenvalue weighted by Crippen LogP contribution is -2.37. The summed E-state index contributed by atoms with van der Waals surface area (Å²) in [6.07, 6.45) is 1.99. The Morgan fingerprint density at radius 3 is 2.64 bits per heavy atom. The number of carbonyl (C=O) groups is 1. The van der Waals surface area contributed by atoms with E-state index in [0.717, 1.165) is 37.9 Å². The molecule has 1 aliphatic carbocycles. The van der Waals surface area contributed by atoms with Crippen LogP contribution in [0.15, 0.2) is 47.1 Å². The van der Waals surface area contributed by atoms with Gasteiger partial charge in [0.15, 0.2) is 11.3 Å². The Labute approximate surface area is 239 Å². The molecule has 0 amide bonds. The maximum absolute atomic E-state index is 13.1. The summed E-state index contributed by atoms with van der Waals surface area (Å²) in [6, 6.07) is 9.95. The first-order valence-electron chi connectivity index (χ1n) is 14.0. The smallest absolute Gasteiger partial charge is 0.476 e. The third-order valence-corrected chi connectivity index (χ3v) is 7.86. The number of aromatic nitrogens is 4. The minimum absolute atomic E-state index is 0.0654. The zero-order chi connectivity index (χ0) is 29.4. The largest absolute Gasteiger partial charge is 0.573 e. The SMILES string of the molecule is CCC1CC[C@@H](CCOCc2c(-c3ccccc3OC(F)(F)F)noc2C2CC2)N1c1ccc2nc(C(=O)O)cn2n1. The molecule has 2 atom stereocenters. The van der Waals surface area contributed by atoms with Gasteiger partial charge in [-0.15, -0.1) is 18.3 Å². The van der Waals surface area contributed by atoms with E-state index in [9.17, 15) is 23.1 Å². The van der Waals surface area contributed by atoms with Gasteiger partial charge in [-0.25, -0.2) is 14.3 Å². The molecule has 1 saturated heterocycles. The summed E-state index contributed by atoms with van der Waals surface area (Å²) in [6.45, 7) is 2.68. The number of nitrogens with zero attached hydrogens (tertiary/aromatic N) is 5. The predicted molar refractivity (Wildman–Crippen MR) is 144 cm³/mol. The number of fused-ring (bicyclic) bond motifs is 1. The molecule has 0 bridgehead atoms. The molecule has 42 heavy (non-hydrogen) atoms. The number of rotatable bonds is 11. The molecule has 2 aliphatic rings. The third-order valence-electron chi connectivity index (χ3n) is 7.86. The topological polar surface area (TPSA) is 115 Å². The number of anilines is 1. The summed E-state index contributed by atoms with van der Waals surface area (Å²) < 4.78 is 56.7. The lowest BCUT2D eigenvalue weighted by Gasteiger charge is -2.31. The maximum Gasteiger partial charge on any atom is 0.573 e. The Kier molecular flexibility index (Phi) is 7.52. The van der Waals surface area contributed by atoms with Gasteiger partial charge in [0.2, 0.25) is 0 Å². The van der Waals surface area contributed by atoms with Crippen LogP contribution in [0, 0.1) is 0 Å². The summed E-state index contributed by atoms with van der Waals surface area (Å²) in [5, 5.41) is 18.1. The van der Waals surface area contributed by atoms with Crippen molar-refractivity contribution in [1.29, 1.82) is 0 Å². The molecule has 222 valence electrons. The minimum Gasteiger partial charge on any atom is -0.476 e. The monoisotopic (exact) mass is 585 g/mol. The standard InChI is InChI=1S/C29H30F3N5O5/c1-2-18-9-10-19(37(18)25-12-11-24-33-22(28(38)39)15-36(24)34-25)13-14-40-16-21-26(35-42-27(21)17-7-8-17)20-5-3-4-6-23(20)41-29(30,31)32/h3-6,11-12,15,17-19H,2,7-10,13-14,16H2,1H3,(H,38,39)/t18?,19-/m0/s1. The average Bonchev–Trinajstić information content (AvgIpc) is 3.37. The fourth-order valence-electron chi connectivity index (χ4n) is 5.74. The molecule has 4 heterocycles.